The van der Waals surface area contributed by atoms with E-state index in [0.29, 0.717) is 6.42 Å². The van der Waals surface area contributed by atoms with E-state index in [4.69, 9.17) is 4.42 Å². The van der Waals surface area contributed by atoms with E-state index < -0.39 is 17.4 Å². The molecule has 0 aliphatic carbocycles. The Morgan fingerprint density at radius 2 is 2.05 bits per heavy atom. The standard InChI is InChI=1S/C13H20N2O5/c1-3-13(8-16,9-17)14-11(18)7-15(2)12(19)10-5-4-6-20-10/h4-6,16-17H,3,7-9H2,1-2H3,(H,14,18). The zero-order valence-corrected chi connectivity index (χ0v) is 11.6. The summed E-state index contributed by atoms with van der Waals surface area (Å²) in [7, 11) is 1.47. The van der Waals surface area contributed by atoms with Crippen LogP contribution in [-0.2, 0) is 4.79 Å². The van der Waals surface area contributed by atoms with Gasteiger partial charge in [0.15, 0.2) is 5.76 Å². The average Bonchev–Trinajstić information content (AvgIpc) is 2.98. The molecule has 1 aromatic rings. The molecule has 7 heteroatoms. The second kappa shape index (κ2) is 7.06. The first-order chi connectivity index (χ1) is 9.48. The number of likely N-dealkylation sites (N-methyl/N-ethyl adjacent to an activating group) is 1. The first-order valence-electron chi connectivity index (χ1n) is 6.29. The molecule has 20 heavy (non-hydrogen) atoms. The molecule has 0 bridgehead atoms. The molecule has 0 unspecified atom stereocenters. The van der Waals surface area contributed by atoms with Crippen LogP contribution in [0.15, 0.2) is 22.8 Å². The number of furan rings is 1. The van der Waals surface area contributed by atoms with Gasteiger partial charge >= 0.3 is 0 Å². The fraction of sp³-hybridized carbons (Fsp3) is 0.538. The van der Waals surface area contributed by atoms with Crippen LogP contribution in [0.2, 0.25) is 0 Å². The third-order valence-corrected chi connectivity index (χ3v) is 3.15. The molecule has 0 radical (unpaired) electrons. The van der Waals surface area contributed by atoms with Crippen molar-refractivity contribution in [2.75, 3.05) is 26.8 Å². The topological polar surface area (TPSA) is 103 Å². The Morgan fingerprint density at radius 3 is 2.50 bits per heavy atom. The van der Waals surface area contributed by atoms with Crippen LogP contribution in [0.1, 0.15) is 23.9 Å². The van der Waals surface area contributed by atoms with Gasteiger partial charge in [0.1, 0.15) is 0 Å². The van der Waals surface area contributed by atoms with Gasteiger partial charge in [-0.05, 0) is 18.6 Å². The Hall–Kier alpha value is -1.86. The Bertz CT molecular complexity index is 431. The number of amides is 2. The van der Waals surface area contributed by atoms with Crippen molar-refractivity contribution < 1.29 is 24.2 Å². The highest BCUT2D eigenvalue weighted by Gasteiger charge is 2.29. The number of carbonyl (C=O) groups is 2. The summed E-state index contributed by atoms with van der Waals surface area (Å²) in [6.07, 6.45) is 1.75. The second-order valence-corrected chi connectivity index (χ2v) is 4.64. The summed E-state index contributed by atoms with van der Waals surface area (Å²) in [5, 5.41) is 21.0. The third-order valence-electron chi connectivity index (χ3n) is 3.15. The number of carbonyl (C=O) groups excluding carboxylic acids is 2. The molecular formula is C13H20N2O5. The van der Waals surface area contributed by atoms with Crippen LogP contribution in [0.25, 0.3) is 0 Å². The molecule has 0 aliphatic rings. The van der Waals surface area contributed by atoms with Gasteiger partial charge in [-0.2, -0.15) is 0 Å². The van der Waals surface area contributed by atoms with Gasteiger partial charge in [-0.25, -0.2) is 0 Å². The monoisotopic (exact) mass is 284 g/mol. The quantitative estimate of drug-likeness (QED) is 0.632. The van der Waals surface area contributed by atoms with Crippen LogP contribution >= 0.6 is 0 Å². The molecule has 0 fully saturated rings. The fourth-order valence-corrected chi connectivity index (χ4v) is 1.65. The predicted octanol–water partition coefficient (Wildman–Crippen LogP) is -0.399. The van der Waals surface area contributed by atoms with Gasteiger partial charge in [0, 0.05) is 7.05 Å². The molecule has 0 saturated heterocycles. The molecular weight excluding hydrogens is 264 g/mol. The molecule has 0 atom stereocenters. The SMILES string of the molecule is CCC(CO)(CO)NC(=O)CN(C)C(=O)c1ccco1. The van der Waals surface area contributed by atoms with Crippen molar-refractivity contribution in [3.05, 3.63) is 24.2 Å². The zero-order valence-electron chi connectivity index (χ0n) is 11.6. The molecule has 0 saturated carbocycles. The molecule has 7 nitrogen and oxygen atoms in total. The number of hydrogen-bond acceptors (Lipinski definition) is 5. The van der Waals surface area contributed by atoms with Crippen LogP contribution in [0, 0.1) is 0 Å². The largest absolute Gasteiger partial charge is 0.459 e. The summed E-state index contributed by atoms with van der Waals surface area (Å²) < 4.78 is 4.96. The average molecular weight is 284 g/mol. The normalized spacial score (nSPS) is 11.2. The lowest BCUT2D eigenvalue weighted by Crippen LogP contribution is -2.56. The number of hydrogen-bond donors (Lipinski definition) is 3. The highest BCUT2D eigenvalue weighted by atomic mass is 16.3. The van der Waals surface area contributed by atoms with Crippen LogP contribution in [-0.4, -0.2) is 59.3 Å². The predicted molar refractivity (Wildman–Crippen MR) is 71.0 cm³/mol. The Balaban J connectivity index is 2.60. The van der Waals surface area contributed by atoms with E-state index in [1.54, 1.807) is 13.0 Å². The lowest BCUT2D eigenvalue weighted by atomic mass is 9.98. The van der Waals surface area contributed by atoms with Crippen molar-refractivity contribution in [1.29, 1.82) is 0 Å². The second-order valence-electron chi connectivity index (χ2n) is 4.64. The van der Waals surface area contributed by atoms with E-state index in [-0.39, 0.29) is 25.5 Å². The first-order valence-corrected chi connectivity index (χ1v) is 6.29. The maximum Gasteiger partial charge on any atom is 0.289 e. The maximum absolute atomic E-state index is 11.9. The minimum absolute atomic E-state index is 0.145. The van der Waals surface area contributed by atoms with Gasteiger partial charge < -0.3 is 24.8 Å². The van der Waals surface area contributed by atoms with E-state index in [9.17, 15) is 19.8 Å². The van der Waals surface area contributed by atoms with E-state index in [1.807, 2.05) is 0 Å². The van der Waals surface area contributed by atoms with Crippen LogP contribution in [0.3, 0.4) is 0 Å². The molecule has 3 N–H and O–H groups in total. The van der Waals surface area contributed by atoms with Gasteiger partial charge in [-0.3, -0.25) is 9.59 Å². The molecule has 2 amide bonds. The molecule has 0 spiro atoms. The van der Waals surface area contributed by atoms with Crippen LogP contribution < -0.4 is 5.32 Å². The first kappa shape index (κ1) is 16.2. The van der Waals surface area contributed by atoms with Crippen molar-refractivity contribution in [3.8, 4) is 0 Å². The van der Waals surface area contributed by atoms with E-state index in [0.717, 1.165) is 0 Å². The van der Waals surface area contributed by atoms with E-state index in [2.05, 4.69) is 5.32 Å². The zero-order chi connectivity index (χ0) is 15.2. The Morgan fingerprint density at radius 1 is 1.40 bits per heavy atom. The lowest BCUT2D eigenvalue weighted by Gasteiger charge is -2.30. The summed E-state index contributed by atoms with van der Waals surface area (Å²) in [6, 6.07) is 3.09. The van der Waals surface area contributed by atoms with Gasteiger partial charge in [0.25, 0.3) is 5.91 Å². The van der Waals surface area contributed by atoms with Crippen molar-refractivity contribution in [2.45, 2.75) is 18.9 Å². The third kappa shape index (κ3) is 3.82. The van der Waals surface area contributed by atoms with Gasteiger partial charge in [0.05, 0.1) is 31.6 Å². The summed E-state index contributed by atoms with van der Waals surface area (Å²) in [5.41, 5.74) is -1.06. The minimum Gasteiger partial charge on any atom is -0.459 e. The summed E-state index contributed by atoms with van der Waals surface area (Å²) in [5.74, 6) is -0.732. The van der Waals surface area contributed by atoms with Crippen molar-refractivity contribution in [3.63, 3.8) is 0 Å². The smallest absolute Gasteiger partial charge is 0.289 e. The number of aliphatic hydroxyl groups is 2. The molecule has 1 rings (SSSR count). The Labute approximate surface area is 117 Å². The van der Waals surface area contributed by atoms with Gasteiger partial charge in [-0.1, -0.05) is 6.92 Å². The van der Waals surface area contributed by atoms with Crippen molar-refractivity contribution in [2.24, 2.45) is 0 Å². The van der Waals surface area contributed by atoms with Crippen LogP contribution in [0.5, 0.6) is 0 Å². The van der Waals surface area contributed by atoms with Crippen molar-refractivity contribution in [1.82, 2.24) is 10.2 Å². The summed E-state index contributed by atoms with van der Waals surface area (Å²) in [6.45, 7) is 0.800. The molecule has 1 heterocycles. The highest BCUT2D eigenvalue weighted by Crippen LogP contribution is 2.09. The van der Waals surface area contributed by atoms with Gasteiger partial charge in [-0.15, -0.1) is 0 Å². The van der Waals surface area contributed by atoms with Crippen LogP contribution in [0.4, 0.5) is 0 Å². The summed E-state index contributed by atoms with van der Waals surface area (Å²) >= 11 is 0. The highest BCUT2D eigenvalue weighted by molar-refractivity contribution is 5.94. The lowest BCUT2D eigenvalue weighted by molar-refractivity contribution is -0.125. The number of nitrogens with one attached hydrogen (secondary N) is 1. The molecule has 0 aliphatic heterocycles. The maximum atomic E-state index is 11.9. The van der Waals surface area contributed by atoms with Gasteiger partial charge in [0.2, 0.25) is 5.91 Å². The number of nitrogens with zero attached hydrogens (tertiary/aromatic N) is 1. The minimum atomic E-state index is -1.06. The summed E-state index contributed by atoms with van der Waals surface area (Å²) in [4.78, 5) is 24.9. The van der Waals surface area contributed by atoms with Crippen molar-refractivity contribution >= 4 is 11.8 Å². The fourth-order valence-electron chi connectivity index (χ4n) is 1.65. The van der Waals surface area contributed by atoms with E-state index in [1.165, 1.54) is 24.3 Å². The number of rotatable bonds is 7. The number of aliphatic hydroxyl groups excluding tert-OH is 2. The molecule has 1 aromatic heterocycles. The molecule has 0 aromatic carbocycles. The Kier molecular flexibility index (Phi) is 5.72. The van der Waals surface area contributed by atoms with E-state index >= 15 is 0 Å². The molecule has 112 valence electrons.